The molecule has 1 amide bonds. The third kappa shape index (κ3) is 21.3. The van der Waals surface area contributed by atoms with Gasteiger partial charge in [0.15, 0.2) is 39.6 Å². The standard InChI is InChI=1S/C43H59N3O7Si.C28H49N3O5Si.C5H11N/c1-28(2)54(9,29(3)4)53-22-15-14-16-32-26-46(21-23-51-32)42(44-6)38(24-31-25-39(47)41(50-8)30(5)40(31)49-7)45-43(48)52-27-37-35-19-12-10-17-33(35)34-18-11-13-20-36(34)37;1-19(2)37(9,20(3)4)36-14-11-10-12-23-18-31(13-15-35-23)28(30-6)24(29)16-22-17-25(32)27(34-8)21(5)26(22)33-7;1-2-4-6-5-3-1/h10-13,17-20,25,28-29,32,37-38,42,47H,14-16,21-24,26-27H2,1-5,7-9H3,(H,45,48);17,19-20,23-24,28,32H,10-16,18,29H2,1-5,7-9H3;6H,1-5H2/t32-,38-,42-;23-,24?,28-;/m00./s1. The van der Waals surface area contributed by atoms with Crippen LogP contribution in [0, 0.1) is 27.0 Å². The van der Waals surface area contributed by atoms with Crippen molar-refractivity contribution in [2.45, 2.75) is 218 Å². The number of methoxy groups -OCH3 is 4. The second kappa shape index (κ2) is 39.1. The van der Waals surface area contributed by atoms with Gasteiger partial charge in [-0.1, -0.05) is 110 Å². The summed E-state index contributed by atoms with van der Waals surface area (Å²) >= 11 is 0. The fraction of sp³-hybridized carbons (Fsp3) is 0.645. The van der Waals surface area contributed by atoms with E-state index in [1.807, 2.05) is 38.1 Å². The Morgan fingerprint density at radius 2 is 1.06 bits per heavy atom. The maximum Gasteiger partial charge on any atom is 0.407 e. The van der Waals surface area contributed by atoms with E-state index in [0.29, 0.717) is 108 Å². The minimum Gasteiger partial charge on any atom is -0.504 e. The van der Waals surface area contributed by atoms with Crippen LogP contribution < -0.4 is 35.3 Å². The van der Waals surface area contributed by atoms with Crippen LogP contribution >= 0.6 is 0 Å². The largest absolute Gasteiger partial charge is 0.504 e. The molecule has 4 aliphatic rings. The van der Waals surface area contributed by atoms with Gasteiger partial charge >= 0.3 is 6.09 Å². The summed E-state index contributed by atoms with van der Waals surface area (Å²) < 4.78 is 53.3. The van der Waals surface area contributed by atoms with Crippen LogP contribution in [0.15, 0.2) is 60.7 Å². The van der Waals surface area contributed by atoms with E-state index >= 15 is 0 Å². The van der Waals surface area contributed by atoms with Crippen molar-refractivity contribution in [2.24, 2.45) is 5.73 Å². The maximum atomic E-state index is 13.7. The fourth-order valence-corrected chi connectivity index (χ4v) is 19.4. The number of alkyl carbamates (subject to hydrolysis) is 1. The van der Waals surface area contributed by atoms with Gasteiger partial charge in [0, 0.05) is 80.4 Å². The molecule has 0 bridgehead atoms. The number of phenolic OH excluding ortho intramolecular Hbond substituents is 2. The van der Waals surface area contributed by atoms with E-state index in [9.17, 15) is 15.0 Å². The second-order valence-electron chi connectivity index (χ2n) is 28.2. The van der Waals surface area contributed by atoms with Crippen molar-refractivity contribution in [3.05, 3.63) is 117 Å². The number of nitrogens with zero attached hydrogens (tertiary/aromatic N) is 4. The van der Waals surface area contributed by atoms with E-state index in [-0.39, 0.29) is 42.7 Å². The lowest BCUT2D eigenvalue weighted by molar-refractivity contribution is -0.0459. The van der Waals surface area contributed by atoms with Gasteiger partial charge in [0.05, 0.1) is 53.9 Å². The Morgan fingerprint density at radius 1 is 0.639 bits per heavy atom. The molecular formula is C76H119N7O12Si2. The normalized spacial score (nSPS) is 18.1. The molecule has 21 heteroatoms. The number of unbranched alkanes of at least 4 members (excludes halogenated alkanes) is 2. The lowest BCUT2D eigenvalue weighted by Crippen LogP contribution is -2.56. The summed E-state index contributed by atoms with van der Waals surface area (Å²) in [5, 5.41) is 27.6. The molecular weight excluding hydrogens is 1260 g/mol. The number of piperidine rings is 1. The predicted molar refractivity (Wildman–Crippen MR) is 393 cm³/mol. The molecule has 97 heavy (non-hydrogen) atoms. The highest BCUT2D eigenvalue weighted by atomic mass is 28.4. The number of benzene rings is 4. The van der Waals surface area contributed by atoms with Crippen LogP contribution in [-0.4, -0.2) is 180 Å². The van der Waals surface area contributed by atoms with Crippen molar-refractivity contribution >= 4 is 22.7 Å². The Morgan fingerprint density at radius 3 is 1.45 bits per heavy atom. The maximum absolute atomic E-state index is 13.7. The highest BCUT2D eigenvalue weighted by Gasteiger charge is 2.42. The summed E-state index contributed by atoms with van der Waals surface area (Å²) in [5.74, 6) is 1.77. The molecule has 0 radical (unpaired) electrons. The first-order valence-corrected chi connectivity index (χ1v) is 40.7. The van der Waals surface area contributed by atoms with Gasteiger partial charge in [-0.05, 0) is 148 Å². The number of hydrogen-bond acceptors (Lipinski definition) is 16. The highest BCUT2D eigenvalue weighted by Crippen LogP contribution is 2.46. The average Bonchev–Trinajstić information content (AvgIpc) is 1.65. The van der Waals surface area contributed by atoms with Crippen LogP contribution in [-0.2, 0) is 35.9 Å². The zero-order valence-electron chi connectivity index (χ0n) is 61.5. The first kappa shape index (κ1) is 80.0. The number of nitrogens with two attached hydrogens (primary N) is 1. The molecule has 1 aliphatic carbocycles. The van der Waals surface area contributed by atoms with E-state index in [0.717, 1.165) is 79.6 Å². The van der Waals surface area contributed by atoms with Gasteiger partial charge in [0.1, 0.15) is 30.2 Å². The number of amides is 1. The van der Waals surface area contributed by atoms with Crippen LogP contribution in [0.3, 0.4) is 0 Å². The molecule has 3 heterocycles. The number of fused-ring (bicyclic) bond motifs is 3. The minimum absolute atomic E-state index is 0.0368. The van der Waals surface area contributed by atoms with E-state index in [1.165, 1.54) is 46.6 Å². The van der Waals surface area contributed by atoms with Crippen LogP contribution in [0.2, 0.25) is 35.3 Å². The first-order chi connectivity index (χ1) is 46.4. The third-order valence-electron chi connectivity index (χ3n) is 20.9. The summed E-state index contributed by atoms with van der Waals surface area (Å²) in [5.41, 5.74) is 16.2. The van der Waals surface area contributed by atoms with E-state index in [2.05, 4.69) is 123 Å². The van der Waals surface area contributed by atoms with Crippen LogP contribution in [0.25, 0.3) is 20.8 Å². The number of carbonyl (C=O) groups is 1. The van der Waals surface area contributed by atoms with Gasteiger partial charge in [0.25, 0.3) is 12.3 Å². The van der Waals surface area contributed by atoms with Crippen molar-refractivity contribution in [2.75, 3.05) is 101 Å². The van der Waals surface area contributed by atoms with Gasteiger partial charge in [0.2, 0.25) is 0 Å². The molecule has 19 nitrogen and oxygen atoms in total. The average molecular weight is 1380 g/mol. The molecule has 3 saturated heterocycles. The summed E-state index contributed by atoms with van der Waals surface area (Å²) in [6, 6.07) is 18.5. The Balaban J connectivity index is 0.000000298. The molecule has 6 N–H and O–H groups in total. The lowest BCUT2D eigenvalue weighted by atomic mass is 9.98. The highest BCUT2D eigenvalue weighted by molar-refractivity contribution is 6.75. The molecule has 8 rings (SSSR count). The predicted octanol–water partition coefficient (Wildman–Crippen LogP) is 14.6. The van der Waals surface area contributed by atoms with Gasteiger partial charge < -0.3 is 68.6 Å². The summed E-state index contributed by atoms with van der Waals surface area (Å²) in [4.78, 5) is 26.0. The van der Waals surface area contributed by atoms with Crippen molar-refractivity contribution in [1.82, 2.24) is 20.4 Å². The van der Waals surface area contributed by atoms with Crippen LogP contribution in [0.1, 0.15) is 152 Å². The Hall–Kier alpha value is -5.96. The summed E-state index contributed by atoms with van der Waals surface area (Å²) in [6.45, 7) is 50.6. The number of hydrogen-bond donors (Lipinski definition) is 5. The van der Waals surface area contributed by atoms with Crippen LogP contribution in [0.5, 0.6) is 34.5 Å². The van der Waals surface area contributed by atoms with Crippen molar-refractivity contribution in [1.29, 1.82) is 0 Å². The van der Waals surface area contributed by atoms with Gasteiger partial charge in [-0.25, -0.2) is 27.7 Å². The molecule has 0 spiro atoms. The molecule has 0 aromatic heterocycles. The zero-order chi connectivity index (χ0) is 71.0. The molecule has 538 valence electrons. The number of phenols is 2. The molecule has 4 aromatic rings. The summed E-state index contributed by atoms with van der Waals surface area (Å²) in [7, 11) is 2.66. The topological polar surface area (TPSA) is 206 Å². The van der Waals surface area contributed by atoms with Crippen molar-refractivity contribution in [3.63, 3.8) is 0 Å². The number of aromatic hydroxyl groups is 2. The van der Waals surface area contributed by atoms with Gasteiger partial charge in [-0.15, -0.1) is 0 Å². The van der Waals surface area contributed by atoms with Gasteiger partial charge in [-0.3, -0.25) is 9.69 Å². The lowest BCUT2D eigenvalue weighted by Gasteiger charge is -2.36. The quantitative estimate of drug-likeness (QED) is 0.0180. The minimum atomic E-state index is -1.80. The Kier molecular flexibility index (Phi) is 32.3. The molecule has 6 atom stereocenters. The van der Waals surface area contributed by atoms with E-state index in [1.54, 1.807) is 26.4 Å². The SMILES string of the molecule is C1CCNCC1.[C-]#[N+][C@H](C(N)Cc1cc(O)c(OC)c(C)c1OC)N1CCO[C@@H](CCCCO[Si](C)(C(C)C)C(C)C)C1.[C-]#[N+][C@H]([C@H](Cc1cc(O)c(OC)c(C)c1OC)NC(=O)OCC1c2ccccc2-c2ccccc21)N1CCO[C@@H](CCCCO[Si](C)(C(C)C)C(C)C)C1. The first-order valence-electron chi connectivity index (χ1n) is 35.6. The molecule has 3 fully saturated rings. The number of nitrogens with one attached hydrogen (secondary N) is 2. The number of morpholine rings is 2. The molecule has 0 saturated carbocycles. The Labute approximate surface area is 584 Å². The fourth-order valence-electron chi connectivity index (χ4n) is 14.2. The number of rotatable bonds is 31. The molecule has 4 aromatic carbocycles. The zero-order valence-corrected chi connectivity index (χ0v) is 63.5. The van der Waals surface area contributed by atoms with E-state index in [4.69, 9.17) is 60.9 Å². The molecule has 1 unspecified atom stereocenters. The molecule has 3 aliphatic heterocycles. The third-order valence-corrected chi connectivity index (χ3v) is 31.8. The van der Waals surface area contributed by atoms with E-state index < -0.39 is 47.1 Å². The second-order valence-corrected chi connectivity index (χ2v) is 38.1. The summed E-state index contributed by atoms with van der Waals surface area (Å²) in [6.07, 6.45) is 8.86. The smallest absolute Gasteiger partial charge is 0.407 e. The van der Waals surface area contributed by atoms with Crippen molar-refractivity contribution in [3.8, 4) is 45.6 Å². The number of ether oxygens (including phenoxy) is 7. The Bertz CT molecular complexity index is 3100. The van der Waals surface area contributed by atoms with Crippen molar-refractivity contribution < 1.29 is 57.0 Å². The number of carbonyl (C=O) groups excluding carboxylic acids is 1. The monoisotopic (exact) mass is 1380 g/mol. The van der Waals surface area contributed by atoms with Crippen LogP contribution in [0.4, 0.5) is 4.79 Å². The van der Waals surface area contributed by atoms with Gasteiger partial charge in [-0.2, -0.15) is 0 Å².